The SMILES string of the molecule is C(=C\c1ccc(N(c2ccccc2)c2ccccc2)cc1)/c1ccc(-c2nc3ccccc3[nH]2)cc1. The van der Waals surface area contributed by atoms with E-state index < -0.39 is 0 Å². The molecule has 0 radical (unpaired) electrons. The second-order valence-corrected chi connectivity index (χ2v) is 8.66. The Kier molecular flexibility index (Phi) is 5.87. The van der Waals surface area contributed by atoms with Gasteiger partial charge in [-0.2, -0.15) is 0 Å². The van der Waals surface area contributed by atoms with Crippen LogP contribution < -0.4 is 4.90 Å². The molecule has 0 saturated heterocycles. The highest BCUT2D eigenvalue weighted by atomic mass is 15.1. The van der Waals surface area contributed by atoms with Crippen molar-refractivity contribution < 1.29 is 0 Å². The molecule has 0 fully saturated rings. The first-order valence-corrected chi connectivity index (χ1v) is 12.1. The molecule has 0 unspecified atom stereocenters. The van der Waals surface area contributed by atoms with Gasteiger partial charge in [0, 0.05) is 22.6 Å². The highest BCUT2D eigenvalue weighted by Gasteiger charge is 2.11. The molecule has 172 valence electrons. The summed E-state index contributed by atoms with van der Waals surface area (Å²) in [7, 11) is 0. The van der Waals surface area contributed by atoms with Crippen molar-refractivity contribution in [2.24, 2.45) is 0 Å². The Morgan fingerprint density at radius 1 is 0.500 bits per heavy atom. The maximum atomic E-state index is 4.69. The Hall–Kier alpha value is -4.89. The number of aromatic amines is 1. The Morgan fingerprint density at radius 2 is 1.00 bits per heavy atom. The number of H-pyrrole nitrogens is 1. The Morgan fingerprint density at radius 3 is 1.58 bits per heavy atom. The second kappa shape index (κ2) is 9.77. The molecule has 0 atom stereocenters. The molecule has 3 heteroatoms. The molecule has 0 aliphatic rings. The van der Waals surface area contributed by atoms with E-state index in [0.717, 1.165) is 50.6 Å². The molecular weight excluding hydrogens is 438 g/mol. The fraction of sp³-hybridized carbons (Fsp3) is 0. The summed E-state index contributed by atoms with van der Waals surface area (Å²) in [6.45, 7) is 0. The average Bonchev–Trinajstić information content (AvgIpc) is 3.39. The number of hydrogen-bond donors (Lipinski definition) is 1. The molecule has 0 amide bonds. The van der Waals surface area contributed by atoms with Gasteiger partial charge in [0.05, 0.1) is 11.0 Å². The van der Waals surface area contributed by atoms with E-state index in [1.165, 1.54) is 0 Å². The summed E-state index contributed by atoms with van der Waals surface area (Å²) >= 11 is 0. The van der Waals surface area contributed by atoms with Crippen molar-refractivity contribution in [3.05, 3.63) is 145 Å². The summed E-state index contributed by atoms with van der Waals surface area (Å²) in [6.07, 6.45) is 4.29. The number of imidazole rings is 1. The van der Waals surface area contributed by atoms with Gasteiger partial charge in [-0.25, -0.2) is 4.98 Å². The molecule has 5 aromatic carbocycles. The van der Waals surface area contributed by atoms with Crippen molar-refractivity contribution in [3.63, 3.8) is 0 Å². The Bertz CT molecular complexity index is 1530. The van der Waals surface area contributed by atoms with Gasteiger partial charge in [0.2, 0.25) is 0 Å². The molecule has 0 spiro atoms. The van der Waals surface area contributed by atoms with Gasteiger partial charge in [-0.1, -0.05) is 97.1 Å². The number of nitrogens with one attached hydrogen (secondary N) is 1. The topological polar surface area (TPSA) is 31.9 Å². The number of benzene rings is 5. The summed E-state index contributed by atoms with van der Waals surface area (Å²) in [5.41, 5.74) is 8.81. The fourth-order valence-electron chi connectivity index (χ4n) is 4.37. The van der Waals surface area contributed by atoms with Gasteiger partial charge in [0.25, 0.3) is 0 Å². The first-order chi connectivity index (χ1) is 17.8. The lowest BCUT2D eigenvalue weighted by molar-refractivity contribution is 1.28. The molecule has 6 aromatic rings. The molecule has 3 nitrogen and oxygen atoms in total. The quantitative estimate of drug-likeness (QED) is 0.250. The average molecular weight is 464 g/mol. The van der Waals surface area contributed by atoms with Crippen LogP contribution in [0.2, 0.25) is 0 Å². The van der Waals surface area contributed by atoms with Crippen LogP contribution in [0.4, 0.5) is 17.1 Å². The van der Waals surface area contributed by atoms with Gasteiger partial charge < -0.3 is 9.88 Å². The minimum absolute atomic E-state index is 0.892. The third-order valence-corrected chi connectivity index (χ3v) is 6.22. The highest BCUT2D eigenvalue weighted by Crippen LogP contribution is 2.34. The summed E-state index contributed by atoms with van der Waals surface area (Å²) in [4.78, 5) is 10.4. The van der Waals surface area contributed by atoms with Crippen molar-refractivity contribution in [1.29, 1.82) is 0 Å². The normalized spacial score (nSPS) is 11.2. The lowest BCUT2D eigenvalue weighted by Crippen LogP contribution is -2.09. The lowest BCUT2D eigenvalue weighted by atomic mass is 10.1. The number of para-hydroxylation sites is 4. The van der Waals surface area contributed by atoms with Crippen molar-refractivity contribution in [2.75, 3.05) is 4.90 Å². The van der Waals surface area contributed by atoms with Crippen LogP contribution in [0.15, 0.2) is 133 Å². The van der Waals surface area contributed by atoms with E-state index in [9.17, 15) is 0 Å². The van der Waals surface area contributed by atoms with E-state index in [1.54, 1.807) is 0 Å². The molecule has 0 saturated carbocycles. The van der Waals surface area contributed by atoms with Gasteiger partial charge in [0.1, 0.15) is 5.82 Å². The summed E-state index contributed by atoms with van der Waals surface area (Å²) in [5.74, 6) is 0.892. The lowest BCUT2D eigenvalue weighted by Gasteiger charge is -2.25. The predicted octanol–water partition coefficient (Wildman–Crippen LogP) is 8.87. The minimum Gasteiger partial charge on any atom is -0.338 e. The first-order valence-electron chi connectivity index (χ1n) is 12.1. The van der Waals surface area contributed by atoms with Crippen LogP contribution in [0, 0.1) is 0 Å². The molecule has 1 aromatic heterocycles. The van der Waals surface area contributed by atoms with Gasteiger partial charge in [-0.15, -0.1) is 0 Å². The van der Waals surface area contributed by atoms with E-state index in [1.807, 2.05) is 36.4 Å². The maximum absolute atomic E-state index is 4.69. The standard InChI is InChI=1S/C33H25N3/c1-3-9-28(10-4-1)36(29-11-5-2-6-12-29)30-23-19-26(20-24-30)16-15-25-17-21-27(22-18-25)33-34-31-13-7-8-14-32(31)35-33/h1-24H,(H,34,35)/b16-15+. The van der Waals surface area contributed by atoms with E-state index in [4.69, 9.17) is 4.98 Å². The van der Waals surface area contributed by atoms with Crippen molar-refractivity contribution >= 4 is 40.2 Å². The molecule has 0 aliphatic heterocycles. The Balaban J connectivity index is 1.21. The van der Waals surface area contributed by atoms with Crippen molar-refractivity contribution in [2.45, 2.75) is 0 Å². The number of hydrogen-bond acceptors (Lipinski definition) is 2. The predicted molar refractivity (Wildman–Crippen MR) is 152 cm³/mol. The highest BCUT2D eigenvalue weighted by molar-refractivity contribution is 5.80. The largest absolute Gasteiger partial charge is 0.338 e. The van der Waals surface area contributed by atoms with E-state index >= 15 is 0 Å². The van der Waals surface area contributed by atoms with Gasteiger partial charge in [-0.3, -0.25) is 0 Å². The third kappa shape index (κ3) is 4.55. The minimum atomic E-state index is 0.892. The van der Waals surface area contributed by atoms with E-state index in [-0.39, 0.29) is 0 Å². The summed E-state index contributed by atoms with van der Waals surface area (Å²) < 4.78 is 0. The number of nitrogens with zero attached hydrogens (tertiary/aromatic N) is 2. The van der Waals surface area contributed by atoms with Crippen molar-refractivity contribution in [3.8, 4) is 11.4 Å². The molecule has 36 heavy (non-hydrogen) atoms. The van der Waals surface area contributed by atoms with Crippen LogP contribution >= 0.6 is 0 Å². The Labute approximate surface area is 211 Å². The van der Waals surface area contributed by atoms with Gasteiger partial charge in [-0.05, 0) is 59.7 Å². The zero-order valence-electron chi connectivity index (χ0n) is 19.8. The third-order valence-electron chi connectivity index (χ3n) is 6.22. The van der Waals surface area contributed by atoms with Crippen LogP contribution in [-0.4, -0.2) is 9.97 Å². The fourth-order valence-corrected chi connectivity index (χ4v) is 4.37. The molecule has 0 bridgehead atoms. The zero-order chi connectivity index (χ0) is 24.2. The molecule has 1 heterocycles. The molecule has 1 N–H and O–H groups in total. The van der Waals surface area contributed by atoms with Crippen LogP contribution in [0.1, 0.15) is 11.1 Å². The van der Waals surface area contributed by atoms with Gasteiger partial charge in [0.15, 0.2) is 0 Å². The van der Waals surface area contributed by atoms with Crippen LogP contribution in [0.5, 0.6) is 0 Å². The molecule has 0 aliphatic carbocycles. The smallest absolute Gasteiger partial charge is 0.138 e. The first kappa shape index (κ1) is 21.6. The summed E-state index contributed by atoms with van der Waals surface area (Å²) in [6, 6.07) is 46.1. The van der Waals surface area contributed by atoms with Crippen LogP contribution in [0.25, 0.3) is 34.6 Å². The maximum Gasteiger partial charge on any atom is 0.138 e. The number of aromatic nitrogens is 2. The molecule has 6 rings (SSSR count). The van der Waals surface area contributed by atoms with Crippen LogP contribution in [-0.2, 0) is 0 Å². The van der Waals surface area contributed by atoms with Crippen molar-refractivity contribution in [1.82, 2.24) is 9.97 Å². The zero-order valence-corrected chi connectivity index (χ0v) is 19.8. The number of fused-ring (bicyclic) bond motifs is 1. The number of anilines is 3. The number of rotatable bonds is 6. The van der Waals surface area contributed by atoms with Crippen LogP contribution in [0.3, 0.4) is 0 Å². The van der Waals surface area contributed by atoms with Gasteiger partial charge >= 0.3 is 0 Å². The van der Waals surface area contributed by atoms with E-state index in [0.29, 0.717) is 0 Å². The second-order valence-electron chi connectivity index (χ2n) is 8.66. The van der Waals surface area contributed by atoms with E-state index in [2.05, 4.69) is 119 Å². The summed E-state index contributed by atoms with van der Waals surface area (Å²) in [5, 5.41) is 0. The monoisotopic (exact) mass is 463 g/mol. The molecular formula is C33H25N3.